The zero-order valence-electron chi connectivity index (χ0n) is 9.96. The summed E-state index contributed by atoms with van der Waals surface area (Å²) in [6, 6.07) is 3.90. The van der Waals surface area contributed by atoms with Gasteiger partial charge < -0.3 is 10.1 Å². The SMILES string of the molecule is CCOC(=O)[C@H]1Cc2c(ccc(C)c2C)N1. The number of ether oxygens (including phenoxy) is 1. The molecule has 0 unspecified atom stereocenters. The first-order valence-electron chi connectivity index (χ1n) is 5.65. The first-order chi connectivity index (χ1) is 7.63. The summed E-state index contributed by atoms with van der Waals surface area (Å²) in [7, 11) is 0. The molecule has 0 aromatic heterocycles. The van der Waals surface area contributed by atoms with E-state index < -0.39 is 0 Å². The zero-order valence-corrected chi connectivity index (χ0v) is 9.96. The van der Waals surface area contributed by atoms with Gasteiger partial charge in [-0.2, -0.15) is 0 Å². The van der Waals surface area contributed by atoms with Gasteiger partial charge in [-0.05, 0) is 43.5 Å². The van der Waals surface area contributed by atoms with Crippen molar-refractivity contribution in [1.29, 1.82) is 0 Å². The van der Waals surface area contributed by atoms with Crippen LogP contribution in [0.3, 0.4) is 0 Å². The lowest BCUT2D eigenvalue weighted by Crippen LogP contribution is -2.29. The highest BCUT2D eigenvalue weighted by Crippen LogP contribution is 2.30. The zero-order chi connectivity index (χ0) is 11.7. The number of anilines is 1. The first kappa shape index (κ1) is 11.0. The van der Waals surface area contributed by atoms with Crippen molar-refractivity contribution >= 4 is 11.7 Å². The van der Waals surface area contributed by atoms with Crippen molar-refractivity contribution in [2.24, 2.45) is 0 Å². The van der Waals surface area contributed by atoms with Crippen LogP contribution in [0.4, 0.5) is 5.69 Å². The summed E-state index contributed by atoms with van der Waals surface area (Å²) in [4.78, 5) is 11.6. The van der Waals surface area contributed by atoms with Gasteiger partial charge >= 0.3 is 5.97 Å². The number of carbonyl (C=O) groups is 1. The molecule has 1 aliphatic heterocycles. The van der Waals surface area contributed by atoms with E-state index in [1.165, 1.54) is 16.7 Å². The van der Waals surface area contributed by atoms with Gasteiger partial charge in [-0.15, -0.1) is 0 Å². The van der Waals surface area contributed by atoms with E-state index in [2.05, 4.69) is 25.2 Å². The highest BCUT2D eigenvalue weighted by Gasteiger charge is 2.28. The van der Waals surface area contributed by atoms with Crippen LogP contribution in [0.2, 0.25) is 0 Å². The molecule has 1 N–H and O–H groups in total. The van der Waals surface area contributed by atoms with Crippen molar-refractivity contribution < 1.29 is 9.53 Å². The molecule has 0 saturated carbocycles. The summed E-state index contributed by atoms with van der Waals surface area (Å²) in [5.74, 6) is -0.157. The van der Waals surface area contributed by atoms with Crippen LogP contribution in [0.15, 0.2) is 12.1 Å². The van der Waals surface area contributed by atoms with Crippen LogP contribution < -0.4 is 5.32 Å². The van der Waals surface area contributed by atoms with E-state index in [4.69, 9.17) is 4.74 Å². The van der Waals surface area contributed by atoms with Crippen LogP contribution in [0, 0.1) is 13.8 Å². The van der Waals surface area contributed by atoms with Crippen LogP contribution in [-0.4, -0.2) is 18.6 Å². The molecule has 3 nitrogen and oxygen atoms in total. The summed E-state index contributed by atoms with van der Waals surface area (Å²) < 4.78 is 5.03. The van der Waals surface area contributed by atoms with Gasteiger partial charge in [-0.3, -0.25) is 0 Å². The Morgan fingerprint density at radius 1 is 1.50 bits per heavy atom. The molecule has 0 saturated heterocycles. The molecular formula is C13H17NO2. The molecule has 0 bridgehead atoms. The van der Waals surface area contributed by atoms with E-state index in [0.717, 1.165) is 12.1 Å². The maximum absolute atomic E-state index is 11.6. The molecule has 1 aliphatic rings. The van der Waals surface area contributed by atoms with Crippen LogP contribution >= 0.6 is 0 Å². The van der Waals surface area contributed by atoms with Gasteiger partial charge in [0.05, 0.1) is 6.61 Å². The van der Waals surface area contributed by atoms with E-state index in [0.29, 0.717) is 6.61 Å². The molecule has 16 heavy (non-hydrogen) atoms. The molecule has 0 radical (unpaired) electrons. The number of nitrogens with one attached hydrogen (secondary N) is 1. The van der Waals surface area contributed by atoms with Crippen LogP contribution in [-0.2, 0) is 16.0 Å². The predicted octanol–water partition coefficient (Wildman–Crippen LogP) is 2.20. The second kappa shape index (κ2) is 4.16. The Morgan fingerprint density at radius 2 is 2.25 bits per heavy atom. The van der Waals surface area contributed by atoms with Crippen LogP contribution in [0.1, 0.15) is 23.6 Å². The highest BCUT2D eigenvalue weighted by atomic mass is 16.5. The van der Waals surface area contributed by atoms with Crippen molar-refractivity contribution in [2.45, 2.75) is 33.2 Å². The fraction of sp³-hybridized carbons (Fsp3) is 0.462. The minimum Gasteiger partial charge on any atom is -0.464 e. The van der Waals surface area contributed by atoms with E-state index in [-0.39, 0.29) is 12.0 Å². The third-order valence-corrected chi connectivity index (χ3v) is 3.18. The average Bonchev–Trinajstić information content (AvgIpc) is 2.69. The largest absolute Gasteiger partial charge is 0.464 e. The number of hydrogen-bond acceptors (Lipinski definition) is 3. The van der Waals surface area contributed by atoms with Gasteiger partial charge in [0.2, 0.25) is 0 Å². The Hall–Kier alpha value is -1.51. The predicted molar refractivity (Wildman–Crippen MR) is 63.7 cm³/mol. The third kappa shape index (κ3) is 1.77. The molecule has 1 aromatic carbocycles. The number of benzene rings is 1. The summed E-state index contributed by atoms with van der Waals surface area (Å²) in [5, 5.41) is 3.21. The number of carbonyl (C=O) groups excluding carboxylic acids is 1. The Balaban J connectivity index is 2.21. The molecule has 0 amide bonds. The molecule has 3 heteroatoms. The fourth-order valence-corrected chi connectivity index (χ4v) is 2.10. The lowest BCUT2D eigenvalue weighted by atomic mass is 10.00. The van der Waals surface area contributed by atoms with Crippen molar-refractivity contribution in [3.63, 3.8) is 0 Å². The second-order valence-electron chi connectivity index (χ2n) is 4.19. The van der Waals surface area contributed by atoms with Gasteiger partial charge in [0, 0.05) is 12.1 Å². The summed E-state index contributed by atoms with van der Waals surface area (Å²) in [5.41, 5.74) is 4.86. The van der Waals surface area contributed by atoms with Crippen molar-refractivity contribution in [1.82, 2.24) is 0 Å². The maximum atomic E-state index is 11.6. The summed E-state index contributed by atoms with van der Waals surface area (Å²) in [6.07, 6.45) is 0.738. The molecule has 86 valence electrons. The van der Waals surface area contributed by atoms with Crippen LogP contribution in [0.25, 0.3) is 0 Å². The molecule has 0 aliphatic carbocycles. The fourth-order valence-electron chi connectivity index (χ4n) is 2.10. The lowest BCUT2D eigenvalue weighted by molar-refractivity contribution is -0.143. The van der Waals surface area contributed by atoms with Gasteiger partial charge in [0.1, 0.15) is 6.04 Å². The smallest absolute Gasteiger partial charge is 0.328 e. The van der Waals surface area contributed by atoms with Gasteiger partial charge in [0.15, 0.2) is 0 Å². The summed E-state index contributed by atoms with van der Waals surface area (Å²) >= 11 is 0. The van der Waals surface area contributed by atoms with Gasteiger partial charge in [0.25, 0.3) is 0 Å². The molecular weight excluding hydrogens is 202 g/mol. The number of esters is 1. The first-order valence-corrected chi connectivity index (χ1v) is 5.65. The Bertz CT molecular complexity index is 426. The van der Waals surface area contributed by atoms with Crippen molar-refractivity contribution in [3.8, 4) is 0 Å². The number of rotatable bonds is 2. The monoisotopic (exact) mass is 219 g/mol. The molecule has 1 aromatic rings. The lowest BCUT2D eigenvalue weighted by Gasteiger charge is -2.09. The number of aryl methyl sites for hydroxylation is 1. The Morgan fingerprint density at radius 3 is 2.94 bits per heavy atom. The average molecular weight is 219 g/mol. The van der Waals surface area contributed by atoms with Crippen LogP contribution in [0.5, 0.6) is 0 Å². The molecule has 0 fully saturated rings. The minimum atomic E-state index is -0.213. The molecule has 1 atom stereocenters. The van der Waals surface area contributed by atoms with E-state index >= 15 is 0 Å². The summed E-state index contributed by atoms with van der Waals surface area (Å²) in [6.45, 7) is 6.46. The quantitative estimate of drug-likeness (QED) is 0.775. The molecule has 0 spiro atoms. The van der Waals surface area contributed by atoms with Gasteiger partial charge in [-0.1, -0.05) is 6.07 Å². The van der Waals surface area contributed by atoms with E-state index in [1.54, 1.807) is 0 Å². The third-order valence-electron chi connectivity index (χ3n) is 3.18. The van der Waals surface area contributed by atoms with Gasteiger partial charge in [-0.25, -0.2) is 4.79 Å². The normalized spacial score (nSPS) is 17.8. The Labute approximate surface area is 95.8 Å². The van der Waals surface area contributed by atoms with E-state index in [9.17, 15) is 4.79 Å². The highest BCUT2D eigenvalue weighted by molar-refractivity contribution is 5.83. The number of fused-ring (bicyclic) bond motifs is 1. The molecule has 1 heterocycles. The topological polar surface area (TPSA) is 38.3 Å². The Kier molecular flexibility index (Phi) is 2.86. The van der Waals surface area contributed by atoms with Crippen molar-refractivity contribution in [3.05, 3.63) is 28.8 Å². The molecule has 2 rings (SSSR count). The van der Waals surface area contributed by atoms with Crippen molar-refractivity contribution in [2.75, 3.05) is 11.9 Å². The minimum absolute atomic E-state index is 0.157. The second-order valence-corrected chi connectivity index (χ2v) is 4.19. The number of hydrogen-bond donors (Lipinski definition) is 1. The standard InChI is InChI=1S/C13H17NO2/c1-4-16-13(15)12-7-10-9(3)8(2)5-6-11(10)14-12/h5-6,12,14H,4,7H2,1-3H3/t12-/m1/s1. The maximum Gasteiger partial charge on any atom is 0.328 e. The van der Waals surface area contributed by atoms with E-state index in [1.807, 2.05) is 13.0 Å².